The fourth-order valence-electron chi connectivity index (χ4n) is 1.61. The molecule has 0 heterocycles. The Morgan fingerprint density at radius 2 is 2.13 bits per heavy atom. The van der Waals surface area contributed by atoms with Crippen LogP contribution in [0.5, 0.6) is 0 Å². The van der Waals surface area contributed by atoms with Crippen LogP contribution in [-0.2, 0) is 4.74 Å². The number of nitrogens with two attached hydrogens (primary N) is 1. The highest BCUT2D eigenvalue weighted by Crippen LogP contribution is 2.26. The van der Waals surface area contributed by atoms with Crippen molar-refractivity contribution in [2.75, 3.05) is 26.3 Å². The van der Waals surface area contributed by atoms with Gasteiger partial charge in [-0.15, -0.1) is 0 Å². The maximum absolute atomic E-state index is 7.21. The van der Waals surface area contributed by atoms with E-state index in [2.05, 4.69) is 11.8 Å². The van der Waals surface area contributed by atoms with Crippen molar-refractivity contribution in [2.24, 2.45) is 5.73 Å². The molecule has 4 heteroatoms. The molecule has 3 N–H and O–H groups in total. The first-order valence-corrected chi connectivity index (χ1v) is 5.88. The van der Waals surface area contributed by atoms with Crippen LogP contribution in [0.1, 0.15) is 32.6 Å². The summed E-state index contributed by atoms with van der Waals surface area (Å²) in [4.78, 5) is 2.40. The molecule has 15 heavy (non-hydrogen) atoms. The zero-order valence-corrected chi connectivity index (χ0v) is 9.67. The summed E-state index contributed by atoms with van der Waals surface area (Å²) in [5.41, 5.74) is 5.36. The van der Waals surface area contributed by atoms with Crippen molar-refractivity contribution in [2.45, 2.75) is 38.6 Å². The molecule has 0 spiro atoms. The maximum atomic E-state index is 7.21. The molecule has 0 aromatic rings. The normalized spacial score (nSPS) is 15.9. The van der Waals surface area contributed by atoms with Gasteiger partial charge < -0.3 is 10.5 Å². The van der Waals surface area contributed by atoms with Crippen LogP contribution in [0.25, 0.3) is 0 Å². The van der Waals surface area contributed by atoms with Gasteiger partial charge in [0.25, 0.3) is 0 Å². The predicted octanol–water partition coefficient (Wildman–Crippen LogP) is 1.20. The second kappa shape index (κ2) is 6.80. The van der Waals surface area contributed by atoms with Crippen LogP contribution < -0.4 is 5.73 Å². The minimum Gasteiger partial charge on any atom is -0.388 e. The smallest absolute Gasteiger partial charge is 0.0918 e. The molecule has 0 atom stereocenters. The third-order valence-electron chi connectivity index (χ3n) is 2.60. The van der Waals surface area contributed by atoms with Crippen LogP contribution in [0.3, 0.4) is 0 Å². The van der Waals surface area contributed by atoms with Gasteiger partial charge in [0.2, 0.25) is 0 Å². The Labute approximate surface area is 92.3 Å². The van der Waals surface area contributed by atoms with E-state index in [9.17, 15) is 0 Å². The number of ether oxygens (including phenoxy) is 1. The number of nitrogens with zero attached hydrogens (tertiary/aromatic N) is 1. The predicted molar refractivity (Wildman–Crippen MR) is 62.2 cm³/mol. The lowest BCUT2D eigenvalue weighted by atomic mass is 10.3. The molecule has 0 aliphatic heterocycles. The molecule has 0 aromatic carbocycles. The van der Waals surface area contributed by atoms with Gasteiger partial charge >= 0.3 is 0 Å². The molecule has 1 aliphatic carbocycles. The lowest BCUT2D eigenvalue weighted by Crippen LogP contribution is -2.33. The number of amidine groups is 1. The first kappa shape index (κ1) is 12.5. The van der Waals surface area contributed by atoms with Gasteiger partial charge in [0, 0.05) is 32.2 Å². The zero-order valence-electron chi connectivity index (χ0n) is 9.67. The van der Waals surface area contributed by atoms with E-state index < -0.39 is 0 Å². The molecule has 4 nitrogen and oxygen atoms in total. The second-order valence-corrected chi connectivity index (χ2v) is 4.15. The molecule has 1 aliphatic rings. The van der Waals surface area contributed by atoms with Crippen LogP contribution in [0.4, 0.5) is 0 Å². The molecule has 88 valence electrons. The Bertz CT molecular complexity index is 192. The number of nitrogens with one attached hydrogen (secondary N) is 1. The number of rotatable bonds is 9. The fraction of sp³-hybridized carbons (Fsp3) is 0.909. The van der Waals surface area contributed by atoms with Crippen molar-refractivity contribution in [3.8, 4) is 0 Å². The Morgan fingerprint density at radius 1 is 1.40 bits per heavy atom. The molecule has 1 rings (SSSR count). The third kappa shape index (κ3) is 5.74. The van der Waals surface area contributed by atoms with Crippen LogP contribution in [-0.4, -0.2) is 43.1 Å². The molecule has 1 fully saturated rings. The van der Waals surface area contributed by atoms with E-state index in [4.69, 9.17) is 15.9 Å². The Hall–Kier alpha value is -0.610. The summed E-state index contributed by atoms with van der Waals surface area (Å²) in [7, 11) is 0. The van der Waals surface area contributed by atoms with Gasteiger partial charge in [0.1, 0.15) is 0 Å². The van der Waals surface area contributed by atoms with E-state index in [0.717, 1.165) is 38.8 Å². The van der Waals surface area contributed by atoms with Crippen molar-refractivity contribution >= 4 is 5.84 Å². The van der Waals surface area contributed by atoms with E-state index >= 15 is 0 Å². The lowest BCUT2D eigenvalue weighted by Gasteiger charge is -2.21. The number of hydrogen-bond acceptors (Lipinski definition) is 3. The summed E-state index contributed by atoms with van der Waals surface area (Å²) < 4.78 is 5.47. The molecule has 0 aromatic heterocycles. The summed E-state index contributed by atoms with van der Waals surface area (Å²) in [6.45, 7) is 5.68. The first-order valence-electron chi connectivity index (χ1n) is 5.88. The standard InChI is InChI=1S/C11H23N3O/c1-2-8-15-9-7-14(10-3-4-10)6-5-11(12)13/h10H,2-9H2,1H3,(H3,12,13). The van der Waals surface area contributed by atoms with Gasteiger partial charge in [0.05, 0.1) is 12.4 Å². The molecule has 0 amide bonds. The van der Waals surface area contributed by atoms with Crippen LogP contribution in [0.2, 0.25) is 0 Å². The van der Waals surface area contributed by atoms with Gasteiger partial charge in [-0.1, -0.05) is 6.92 Å². The highest BCUT2D eigenvalue weighted by molar-refractivity contribution is 5.76. The Morgan fingerprint density at radius 3 is 2.67 bits per heavy atom. The highest BCUT2D eigenvalue weighted by atomic mass is 16.5. The minimum atomic E-state index is 0.287. The van der Waals surface area contributed by atoms with Gasteiger partial charge in [-0.05, 0) is 19.3 Å². The monoisotopic (exact) mass is 213 g/mol. The molecular formula is C11H23N3O. The lowest BCUT2D eigenvalue weighted by molar-refractivity contribution is 0.102. The zero-order chi connectivity index (χ0) is 11.1. The SMILES string of the molecule is CCCOCCN(CCC(=N)N)C1CC1. The van der Waals surface area contributed by atoms with Gasteiger partial charge in [-0.2, -0.15) is 0 Å². The van der Waals surface area contributed by atoms with Crippen LogP contribution >= 0.6 is 0 Å². The van der Waals surface area contributed by atoms with Crippen molar-refractivity contribution in [3.05, 3.63) is 0 Å². The topological polar surface area (TPSA) is 62.3 Å². The molecule has 1 saturated carbocycles. The van der Waals surface area contributed by atoms with Gasteiger partial charge in [0.15, 0.2) is 0 Å². The molecule has 0 bridgehead atoms. The summed E-state index contributed by atoms with van der Waals surface area (Å²) in [5.74, 6) is 0.287. The largest absolute Gasteiger partial charge is 0.388 e. The van der Waals surface area contributed by atoms with E-state index in [0.29, 0.717) is 6.42 Å². The van der Waals surface area contributed by atoms with Crippen molar-refractivity contribution < 1.29 is 4.74 Å². The van der Waals surface area contributed by atoms with Crippen molar-refractivity contribution in [1.29, 1.82) is 5.41 Å². The van der Waals surface area contributed by atoms with Crippen LogP contribution in [0, 0.1) is 5.41 Å². The average molecular weight is 213 g/mol. The quantitative estimate of drug-likeness (QED) is 0.344. The Balaban J connectivity index is 2.10. The summed E-state index contributed by atoms with van der Waals surface area (Å²) >= 11 is 0. The van der Waals surface area contributed by atoms with Crippen molar-refractivity contribution in [3.63, 3.8) is 0 Å². The third-order valence-corrected chi connectivity index (χ3v) is 2.60. The van der Waals surface area contributed by atoms with E-state index in [1.165, 1.54) is 12.8 Å². The first-order chi connectivity index (χ1) is 7.24. The number of hydrogen-bond donors (Lipinski definition) is 2. The van der Waals surface area contributed by atoms with Crippen LogP contribution in [0.15, 0.2) is 0 Å². The van der Waals surface area contributed by atoms with E-state index in [1.807, 2.05) is 0 Å². The van der Waals surface area contributed by atoms with Gasteiger partial charge in [-0.25, -0.2) is 0 Å². The van der Waals surface area contributed by atoms with Crippen molar-refractivity contribution in [1.82, 2.24) is 4.90 Å². The average Bonchev–Trinajstić information content (AvgIpc) is 3.00. The van der Waals surface area contributed by atoms with E-state index in [1.54, 1.807) is 0 Å². The highest BCUT2D eigenvalue weighted by Gasteiger charge is 2.28. The summed E-state index contributed by atoms with van der Waals surface area (Å²) in [5, 5.41) is 7.21. The molecule has 0 saturated heterocycles. The van der Waals surface area contributed by atoms with Gasteiger partial charge in [-0.3, -0.25) is 10.3 Å². The second-order valence-electron chi connectivity index (χ2n) is 4.15. The molecule has 0 radical (unpaired) electrons. The summed E-state index contributed by atoms with van der Waals surface area (Å²) in [6, 6.07) is 0.731. The molecular weight excluding hydrogens is 190 g/mol. The Kier molecular flexibility index (Phi) is 5.65. The maximum Gasteiger partial charge on any atom is 0.0918 e. The summed E-state index contributed by atoms with van der Waals surface area (Å²) in [6.07, 6.45) is 4.36. The molecule has 0 unspecified atom stereocenters. The van der Waals surface area contributed by atoms with E-state index in [-0.39, 0.29) is 5.84 Å². The minimum absolute atomic E-state index is 0.287. The fourth-order valence-corrected chi connectivity index (χ4v) is 1.61.